The number of hydrogen-bond donors (Lipinski definition) is 1. The lowest BCUT2D eigenvalue weighted by Gasteiger charge is -2.38. The first-order valence-electron chi connectivity index (χ1n) is 10.8. The molecule has 6 heteroatoms. The summed E-state index contributed by atoms with van der Waals surface area (Å²) in [4.78, 5) is 18.2. The Kier molecular flexibility index (Phi) is 6.47. The van der Waals surface area contributed by atoms with Crippen LogP contribution in [0.3, 0.4) is 0 Å². The molecule has 1 saturated heterocycles. The van der Waals surface area contributed by atoms with Gasteiger partial charge in [0.1, 0.15) is 11.0 Å². The monoisotopic (exact) mass is 451 g/mol. The van der Waals surface area contributed by atoms with Crippen LogP contribution in [-0.4, -0.2) is 22.8 Å². The Balaban J connectivity index is 1.72. The van der Waals surface area contributed by atoms with Crippen LogP contribution in [0.25, 0.3) is 0 Å². The number of piperidine rings is 1. The summed E-state index contributed by atoms with van der Waals surface area (Å²) in [6.07, 6.45) is 4.25. The predicted octanol–water partition coefficient (Wildman–Crippen LogP) is 6.62. The van der Waals surface area contributed by atoms with Crippen molar-refractivity contribution < 1.29 is 9.18 Å². The lowest BCUT2D eigenvalue weighted by Crippen LogP contribution is -2.35. The van der Waals surface area contributed by atoms with Crippen molar-refractivity contribution in [3.63, 3.8) is 0 Å². The molecule has 2 unspecified atom stereocenters. The molecule has 1 amide bonds. The minimum Gasteiger partial charge on any atom is -0.355 e. The van der Waals surface area contributed by atoms with Gasteiger partial charge in [-0.3, -0.25) is 4.79 Å². The van der Waals surface area contributed by atoms with Gasteiger partial charge < -0.3 is 10.2 Å². The van der Waals surface area contributed by atoms with Gasteiger partial charge in [0.05, 0.1) is 11.7 Å². The van der Waals surface area contributed by atoms with Crippen LogP contribution in [0.15, 0.2) is 48.7 Å². The Hall–Kier alpha value is -2.92. The third kappa shape index (κ3) is 4.49. The second kappa shape index (κ2) is 9.29. The first-order valence-corrected chi connectivity index (χ1v) is 11.2. The van der Waals surface area contributed by atoms with Crippen LogP contribution in [0.5, 0.6) is 0 Å². The highest BCUT2D eigenvalue weighted by Gasteiger charge is 2.32. The van der Waals surface area contributed by atoms with Crippen molar-refractivity contribution in [1.29, 1.82) is 0 Å². The molecule has 1 aromatic heterocycles. The van der Waals surface area contributed by atoms with Crippen molar-refractivity contribution in [3.8, 4) is 0 Å². The molecule has 4 rings (SSSR count). The molecule has 1 N–H and O–H groups in total. The zero-order valence-electron chi connectivity index (χ0n) is 18.5. The number of amides is 1. The molecular formula is C26H27ClFN3O. The highest BCUT2D eigenvalue weighted by molar-refractivity contribution is 6.30. The fourth-order valence-electron chi connectivity index (χ4n) is 4.44. The average molecular weight is 452 g/mol. The van der Waals surface area contributed by atoms with Gasteiger partial charge in [-0.1, -0.05) is 29.8 Å². The Morgan fingerprint density at radius 2 is 1.88 bits per heavy atom. The van der Waals surface area contributed by atoms with Crippen LogP contribution in [0.1, 0.15) is 52.6 Å². The summed E-state index contributed by atoms with van der Waals surface area (Å²) < 4.78 is 13.4. The van der Waals surface area contributed by atoms with Crippen LogP contribution in [0, 0.1) is 26.6 Å². The maximum atomic E-state index is 13.4. The molecule has 0 aliphatic carbocycles. The highest BCUT2D eigenvalue weighted by atomic mass is 35.5. The largest absolute Gasteiger partial charge is 0.355 e. The molecule has 0 bridgehead atoms. The smallest absolute Gasteiger partial charge is 0.210 e. The summed E-state index contributed by atoms with van der Waals surface area (Å²) in [6, 6.07) is 12.7. The van der Waals surface area contributed by atoms with E-state index < -0.39 is 0 Å². The topological polar surface area (TPSA) is 45.2 Å². The average Bonchev–Trinajstić information content (AvgIpc) is 2.79. The SMILES string of the molecule is Cc1ccc(Nc2c(C3CC(c4ccc(F)cc4)CCN3C=O)cnc(Cl)c2C)cc1C. The van der Waals surface area contributed by atoms with Gasteiger partial charge in [-0.05, 0) is 80.5 Å². The van der Waals surface area contributed by atoms with E-state index in [9.17, 15) is 9.18 Å². The third-order valence-electron chi connectivity index (χ3n) is 6.55. The molecule has 0 spiro atoms. The van der Waals surface area contributed by atoms with Crippen molar-refractivity contribution in [2.24, 2.45) is 0 Å². The Labute approximate surface area is 193 Å². The van der Waals surface area contributed by atoms with Crippen molar-refractivity contribution in [2.45, 2.75) is 45.6 Å². The van der Waals surface area contributed by atoms with E-state index in [0.717, 1.165) is 47.3 Å². The first kappa shape index (κ1) is 22.3. The van der Waals surface area contributed by atoms with Gasteiger partial charge >= 0.3 is 0 Å². The first-order chi connectivity index (χ1) is 15.4. The maximum Gasteiger partial charge on any atom is 0.210 e. The molecule has 2 atom stereocenters. The van der Waals surface area contributed by atoms with E-state index in [1.165, 1.54) is 23.3 Å². The molecule has 1 fully saturated rings. The number of anilines is 2. The van der Waals surface area contributed by atoms with Crippen LogP contribution < -0.4 is 5.32 Å². The number of likely N-dealkylation sites (tertiary alicyclic amines) is 1. The second-order valence-electron chi connectivity index (χ2n) is 8.56. The zero-order valence-corrected chi connectivity index (χ0v) is 19.3. The Morgan fingerprint density at radius 3 is 2.56 bits per heavy atom. The molecule has 2 heterocycles. The fraction of sp³-hybridized carbons (Fsp3) is 0.308. The van der Waals surface area contributed by atoms with Crippen LogP contribution in [-0.2, 0) is 4.79 Å². The van der Waals surface area contributed by atoms with Gasteiger partial charge in [0.15, 0.2) is 0 Å². The van der Waals surface area contributed by atoms with Crippen LogP contribution >= 0.6 is 11.6 Å². The normalized spacial score (nSPS) is 18.5. The summed E-state index contributed by atoms with van der Waals surface area (Å²) in [7, 11) is 0. The summed E-state index contributed by atoms with van der Waals surface area (Å²) in [5.41, 5.74) is 7.12. The number of aryl methyl sites for hydroxylation is 2. The van der Waals surface area contributed by atoms with E-state index in [-0.39, 0.29) is 17.8 Å². The number of hydrogen-bond acceptors (Lipinski definition) is 3. The van der Waals surface area contributed by atoms with Crippen molar-refractivity contribution in [3.05, 3.63) is 87.4 Å². The number of carbonyl (C=O) groups excluding carboxylic acids is 1. The molecule has 1 aliphatic heterocycles. The van der Waals surface area contributed by atoms with E-state index in [2.05, 4.69) is 36.3 Å². The van der Waals surface area contributed by atoms with Crippen LogP contribution in [0.4, 0.5) is 15.8 Å². The van der Waals surface area contributed by atoms with Gasteiger partial charge in [-0.15, -0.1) is 0 Å². The highest BCUT2D eigenvalue weighted by Crippen LogP contribution is 2.43. The Morgan fingerprint density at radius 1 is 1.12 bits per heavy atom. The molecule has 32 heavy (non-hydrogen) atoms. The maximum absolute atomic E-state index is 13.4. The van der Waals surface area contributed by atoms with Crippen molar-refractivity contribution in [1.82, 2.24) is 9.88 Å². The number of carbonyl (C=O) groups is 1. The number of halogens is 2. The molecule has 1 aliphatic rings. The quantitative estimate of drug-likeness (QED) is 0.350. The number of benzene rings is 2. The van der Waals surface area contributed by atoms with E-state index in [0.29, 0.717) is 11.7 Å². The number of nitrogens with one attached hydrogen (secondary N) is 1. The minimum atomic E-state index is -0.243. The summed E-state index contributed by atoms with van der Waals surface area (Å²) in [5.74, 6) is -0.0183. The molecule has 166 valence electrons. The molecule has 2 aromatic carbocycles. The predicted molar refractivity (Wildman–Crippen MR) is 127 cm³/mol. The second-order valence-corrected chi connectivity index (χ2v) is 8.92. The molecular weight excluding hydrogens is 425 g/mol. The van der Waals surface area contributed by atoms with Crippen molar-refractivity contribution >= 4 is 29.4 Å². The van der Waals surface area contributed by atoms with Gasteiger partial charge in [0.25, 0.3) is 0 Å². The van der Waals surface area contributed by atoms with Gasteiger partial charge in [-0.2, -0.15) is 0 Å². The van der Waals surface area contributed by atoms with E-state index >= 15 is 0 Å². The van der Waals surface area contributed by atoms with E-state index in [1.54, 1.807) is 6.20 Å². The lowest BCUT2D eigenvalue weighted by molar-refractivity contribution is -0.121. The standard InChI is InChI=1S/C26H27ClFN3O/c1-16-4-9-22(12-17(16)2)30-25-18(3)26(27)29-14-23(25)24-13-20(10-11-31(24)15-32)19-5-7-21(28)8-6-19/h4-9,12,14-15,20,24H,10-11,13H2,1-3H3,(H,29,30). The molecule has 4 nitrogen and oxygen atoms in total. The summed E-state index contributed by atoms with van der Waals surface area (Å²) in [6.45, 7) is 6.73. The van der Waals surface area contributed by atoms with Crippen molar-refractivity contribution in [2.75, 3.05) is 11.9 Å². The van der Waals surface area contributed by atoms with E-state index in [1.807, 2.05) is 30.0 Å². The number of pyridine rings is 1. The molecule has 3 aromatic rings. The van der Waals surface area contributed by atoms with Gasteiger partial charge in [0.2, 0.25) is 6.41 Å². The Bertz CT molecular complexity index is 1130. The summed E-state index contributed by atoms with van der Waals surface area (Å²) in [5, 5.41) is 3.97. The lowest BCUT2D eigenvalue weighted by atomic mass is 9.82. The third-order valence-corrected chi connectivity index (χ3v) is 6.93. The molecule has 0 saturated carbocycles. The van der Waals surface area contributed by atoms with Gasteiger partial charge in [0, 0.05) is 29.6 Å². The fourth-order valence-corrected chi connectivity index (χ4v) is 4.59. The number of nitrogens with zero attached hydrogens (tertiary/aromatic N) is 2. The number of rotatable bonds is 5. The number of aromatic nitrogens is 1. The van der Waals surface area contributed by atoms with E-state index in [4.69, 9.17) is 11.6 Å². The van der Waals surface area contributed by atoms with Gasteiger partial charge in [-0.25, -0.2) is 9.37 Å². The summed E-state index contributed by atoms with van der Waals surface area (Å²) >= 11 is 6.39. The zero-order chi connectivity index (χ0) is 22.8. The minimum absolute atomic E-state index is 0.159. The molecule has 0 radical (unpaired) electrons. The van der Waals surface area contributed by atoms with Crippen LogP contribution in [0.2, 0.25) is 5.15 Å².